The van der Waals surface area contributed by atoms with E-state index in [9.17, 15) is 19.3 Å². The third-order valence-electron chi connectivity index (χ3n) is 3.42. The zero-order chi connectivity index (χ0) is 14.4. The van der Waals surface area contributed by atoms with E-state index in [4.69, 9.17) is 0 Å². The molecule has 102 valence electrons. The van der Waals surface area contributed by atoms with Gasteiger partial charge in [-0.2, -0.15) is 0 Å². The molecule has 0 aromatic heterocycles. The van der Waals surface area contributed by atoms with Gasteiger partial charge < -0.3 is 4.90 Å². The van der Waals surface area contributed by atoms with Gasteiger partial charge in [-0.05, 0) is 26.3 Å². The number of fused-ring (bicyclic) bond motifs is 1. The monoisotopic (exact) mass is 266 g/mol. The van der Waals surface area contributed by atoms with Crippen LogP contribution in [0.5, 0.6) is 0 Å². The molecule has 0 atom stereocenters. The van der Waals surface area contributed by atoms with Crippen molar-refractivity contribution in [3.05, 3.63) is 33.6 Å². The van der Waals surface area contributed by atoms with Crippen LogP contribution in [0.15, 0.2) is 12.1 Å². The van der Waals surface area contributed by atoms with Crippen molar-refractivity contribution in [3.63, 3.8) is 0 Å². The lowest BCUT2D eigenvalue weighted by atomic mass is 9.86. The summed E-state index contributed by atoms with van der Waals surface area (Å²) < 4.78 is 13.5. The number of nitro groups is 1. The molecule has 0 N–H and O–H groups in total. The van der Waals surface area contributed by atoms with Crippen LogP contribution in [0, 0.1) is 15.9 Å². The highest BCUT2D eigenvalue weighted by Gasteiger charge is 2.47. The van der Waals surface area contributed by atoms with Gasteiger partial charge in [0.25, 0.3) is 5.69 Å². The molecule has 0 aliphatic carbocycles. The summed E-state index contributed by atoms with van der Waals surface area (Å²) in [7, 11) is 0. The average Bonchev–Trinajstić information content (AvgIpc) is 2.51. The Morgan fingerprint density at radius 3 is 2.58 bits per heavy atom. The number of nitro benzene ring substituents is 1. The van der Waals surface area contributed by atoms with Gasteiger partial charge in [-0.1, -0.05) is 6.92 Å². The number of nitrogens with zero attached hydrogens (tertiary/aromatic N) is 2. The van der Waals surface area contributed by atoms with Gasteiger partial charge in [-0.3, -0.25) is 14.9 Å². The Bertz CT molecular complexity index is 569. The van der Waals surface area contributed by atoms with E-state index < -0.39 is 16.2 Å². The third-order valence-corrected chi connectivity index (χ3v) is 3.42. The minimum atomic E-state index is -0.933. The minimum absolute atomic E-state index is 0.224. The second-order valence-electron chi connectivity index (χ2n) is 5.16. The van der Waals surface area contributed by atoms with E-state index in [1.807, 2.05) is 6.92 Å². The molecule has 0 fully saturated rings. The summed E-state index contributed by atoms with van der Waals surface area (Å²) in [6.45, 7) is 5.59. The number of anilines is 1. The summed E-state index contributed by atoms with van der Waals surface area (Å²) in [6, 6.07) is 2.09. The molecule has 0 bridgehead atoms. The largest absolute Gasteiger partial charge is 0.305 e. The Labute approximate surface area is 110 Å². The van der Waals surface area contributed by atoms with E-state index in [-0.39, 0.29) is 17.3 Å². The fourth-order valence-electron chi connectivity index (χ4n) is 2.48. The Kier molecular flexibility index (Phi) is 3.04. The fraction of sp³-hybridized carbons (Fsp3) is 0.462. The first-order chi connectivity index (χ1) is 8.80. The van der Waals surface area contributed by atoms with Crippen LogP contribution in [0.2, 0.25) is 0 Å². The topological polar surface area (TPSA) is 63.5 Å². The lowest BCUT2D eigenvalue weighted by Crippen LogP contribution is -2.36. The molecular formula is C13H15FN2O3. The van der Waals surface area contributed by atoms with E-state index in [1.54, 1.807) is 13.8 Å². The molecule has 0 unspecified atom stereocenters. The molecule has 0 saturated carbocycles. The minimum Gasteiger partial charge on any atom is -0.305 e. The molecular weight excluding hydrogens is 251 g/mol. The number of benzene rings is 1. The zero-order valence-corrected chi connectivity index (χ0v) is 11.1. The highest BCUT2D eigenvalue weighted by atomic mass is 19.1. The van der Waals surface area contributed by atoms with E-state index in [0.717, 1.165) is 6.07 Å². The summed E-state index contributed by atoms with van der Waals surface area (Å²) in [6.07, 6.45) is 0.676. The molecule has 0 saturated heterocycles. The number of amides is 1. The number of carbonyl (C=O) groups excluding carboxylic acids is 1. The highest BCUT2D eigenvalue weighted by molar-refractivity contribution is 6.09. The van der Waals surface area contributed by atoms with Crippen LogP contribution >= 0.6 is 0 Å². The SMILES string of the molecule is CCCN1C(=O)C(C)(C)c2cc(F)cc([N+](=O)[O-])c21. The first kappa shape index (κ1) is 13.5. The van der Waals surface area contributed by atoms with Gasteiger partial charge in [0.05, 0.1) is 16.4 Å². The van der Waals surface area contributed by atoms with Gasteiger partial charge in [-0.15, -0.1) is 0 Å². The Morgan fingerprint density at radius 1 is 1.42 bits per heavy atom. The van der Waals surface area contributed by atoms with Gasteiger partial charge in [0.1, 0.15) is 11.5 Å². The van der Waals surface area contributed by atoms with Gasteiger partial charge in [-0.25, -0.2) is 4.39 Å². The lowest BCUT2D eigenvalue weighted by molar-refractivity contribution is -0.384. The molecule has 0 radical (unpaired) electrons. The van der Waals surface area contributed by atoms with Crippen LogP contribution < -0.4 is 4.90 Å². The number of rotatable bonds is 3. The van der Waals surface area contributed by atoms with Crippen LogP contribution in [-0.4, -0.2) is 17.4 Å². The number of hydrogen-bond acceptors (Lipinski definition) is 3. The van der Waals surface area contributed by atoms with E-state index in [0.29, 0.717) is 18.5 Å². The molecule has 1 aromatic rings. The molecule has 5 nitrogen and oxygen atoms in total. The van der Waals surface area contributed by atoms with Crippen LogP contribution in [0.1, 0.15) is 32.8 Å². The summed E-state index contributed by atoms with van der Waals surface area (Å²) in [5, 5.41) is 11.1. The Morgan fingerprint density at radius 2 is 2.05 bits per heavy atom. The van der Waals surface area contributed by atoms with Crippen molar-refractivity contribution in [2.75, 3.05) is 11.4 Å². The van der Waals surface area contributed by atoms with Crippen LogP contribution in [0.25, 0.3) is 0 Å². The maximum absolute atomic E-state index is 13.5. The van der Waals surface area contributed by atoms with E-state index >= 15 is 0 Å². The number of hydrogen-bond donors (Lipinski definition) is 0. The van der Waals surface area contributed by atoms with Gasteiger partial charge in [0, 0.05) is 12.1 Å². The third kappa shape index (κ3) is 1.87. The molecule has 6 heteroatoms. The Hall–Kier alpha value is -1.98. The fourth-order valence-corrected chi connectivity index (χ4v) is 2.48. The molecule has 0 spiro atoms. The van der Waals surface area contributed by atoms with Crippen molar-refractivity contribution in [1.82, 2.24) is 0 Å². The van der Waals surface area contributed by atoms with Crippen LogP contribution in [-0.2, 0) is 10.2 Å². The van der Waals surface area contributed by atoms with Crippen molar-refractivity contribution in [1.29, 1.82) is 0 Å². The summed E-state index contributed by atoms with van der Waals surface area (Å²) in [4.78, 5) is 24.2. The first-order valence-corrected chi connectivity index (χ1v) is 6.11. The van der Waals surface area contributed by atoms with Crippen molar-refractivity contribution < 1.29 is 14.1 Å². The predicted molar refractivity (Wildman–Crippen MR) is 68.7 cm³/mol. The second kappa shape index (κ2) is 4.29. The molecule has 2 rings (SSSR count). The van der Waals surface area contributed by atoms with Crippen LogP contribution in [0.4, 0.5) is 15.8 Å². The summed E-state index contributed by atoms with van der Waals surface area (Å²) in [5.41, 5.74) is -0.652. The van der Waals surface area contributed by atoms with Crippen molar-refractivity contribution in [2.45, 2.75) is 32.6 Å². The van der Waals surface area contributed by atoms with Gasteiger partial charge >= 0.3 is 0 Å². The smallest absolute Gasteiger partial charge is 0.296 e. The highest BCUT2D eigenvalue weighted by Crippen LogP contribution is 2.46. The summed E-state index contributed by atoms with van der Waals surface area (Å²) >= 11 is 0. The normalized spacial score (nSPS) is 16.6. The first-order valence-electron chi connectivity index (χ1n) is 6.11. The Balaban J connectivity index is 2.75. The maximum Gasteiger partial charge on any atom is 0.296 e. The molecule has 1 heterocycles. The molecule has 1 aliphatic rings. The molecule has 1 amide bonds. The molecule has 1 aromatic carbocycles. The lowest BCUT2D eigenvalue weighted by Gasteiger charge is -2.19. The van der Waals surface area contributed by atoms with Gasteiger partial charge in [0.15, 0.2) is 0 Å². The summed E-state index contributed by atoms with van der Waals surface area (Å²) in [5.74, 6) is -0.914. The van der Waals surface area contributed by atoms with Crippen molar-refractivity contribution in [3.8, 4) is 0 Å². The predicted octanol–water partition coefficient (Wildman–Crippen LogP) is 2.77. The quantitative estimate of drug-likeness (QED) is 0.624. The standard InChI is InChI=1S/C13H15FN2O3/c1-4-5-15-11-9(13(2,3)12(15)17)6-8(14)7-10(11)16(18)19/h6-7H,4-5H2,1-3H3. The van der Waals surface area contributed by atoms with Crippen molar-refractivity contribution in [2.24, 2.45) is 0 Å². The van der Waals surface area contributed by atoms with Gasteiger partial charge in [0.2, 0.25) is 5.91 Å². The van der Waals surface area contributed by atoms with E-state index in [2.05, 4.69) is 0 Å². The number of carbonyl (C=O) groups is 1. The maximum atomic E-state index is 13.5. The average molecular weight is 266 g/mol. The second-order valence-corrected chi connectivity index (χ2v) is 5.16. The molecule has 1 aliphatic heterocycles. The zero-order valence-electron chi connectivity index (χ0n) is 11.1. The van der Waals surface area contributed by atoms with Crippen LogP contribution in [0.3, 0.4) is 0 Å². The van der Waals surface area contributed by atoms with Crippen molar-refractivity contribution >= 4 is 17.3 Å². The molecule has 19 heavy (non-hydrogen) atoms. The number of halogens is 1. The van der Waals surface area contributed by atoms with E-state index in [1.165, 1.54) is 11.0 Å².